The summed E-state index contributed by atoms with van der Waals surface area (Å²) in [6.45, 7) is 0.648. The van der Waals surface area contributed by atoms with E-state index in [0.29, 0.717) is 6.54 Å². The molecule has 1 N–H and O–H groups in total. The molecule has 0 atom stereocenters. The van der Waals surface area contributed by atoms with Gasteiger partial charge in [-0.25, -0.2) is 9.18 Å². The molecule has 0 fully saturated rings. The van der Waals surface area contributed by atoms with Crippen molar-refractivity contribution in [3.8, 4) is 0 Å². The van der Waals surface area contributed by atoms with Crippen molar-refractivity contribution in [2.45, 2.75) is 6.54 Å². The van der Waals surface area contributed by atoms with Crippen molar-refractivity contribution >= 4 is 29.1 Å². The van der Waals surface area contributed by atoms with Gasteiger partial charge in [-0.1, -0.05) is 6.07 Å². The fourth-order valence-corrected chi connectivity index (χ4v) is 2.68. The summed E-state index contributed by atoms with van der Waals surface area (Å²) < 4.78 is 13.2. The molecule has 20 heavy (non-hydrogen) atoms. The molecule has 0 aliphatic carbocycles. The van der Waals surface area contributed by atoms with Gasteiger partial charge in [0.1, 0.15) is 5.82 Å². The van der Waals surface area contributed by atoms with E-state index in [1.165, 1.54) is 12.1 Å². The Morgan fingerprint density at radius 1 is 1.45 bits per heavy atom. The Morgan fingerprint density at radius 3 is 2.95 bits per heavy atom. The van der Waals surface area contributed by atoms with Gasteiger partial charge in [-0.05, 0) is 41.3 Å². The minimum absolute atomic E-state index is 0.259. The normalized spacial score (nSPS) is 10.9. The van der Waals surface area contributed by atoms with Crippen LogP contribution in [0.5, 0.6) is 0 Å². The molecule has 0 radical (unpaired) electrons. The maximum Gasteiger partial charge on any atom is 0.328 e. The molecule has 0 aliphatic heterocycles. The minimum Gasteiger partial charge on any atom is -0.478 e. The highest BCUT2D eigenvalue weighted by molar-refractivity contribution is 7.10. The van der Waals surface area contributed by atoms with E-state index in [0.717, 1.165) is 22.2 Å². The van der Waals surface area contributed by atoms with E-state index in [1.807, 2.05) is 29.5 Å². The predicted molar refractivity (Wildman–Crippen MR) is 79.5 cm³/mol. The standard InChI is InChI=1S/C15H14FNO2S/c1-17(13-4-2-3-12(16)8-13)9-14-7-11(10-20-14)5-6-15(18)19/h2-8,10H,9H2,1H3,(H,18,19). The Kier molecular flexibility index (Phi) is 4.53. The second-order valence-electron chi connectivity index (χ2n) is 4.35. The van der Waals surface area contributed by atoms with Crippen LogP contribution in [0.2, 0.25) is 0 Å². The average Bonchev–Trinajstić information content (AvgIpc) is 2.84. The highest BCUT2D eigenvalue weighted by Crippen LogP contribution is 2.21. The monoisotopic (exact) mass is 291 g/mol. The van der Waals surface area contributed by atoms with Crippen LogP contribution in [0.15, 0.2) is 41.8 Å². The maximum absolute atomic E-state index is 13.2. The largest absolute Gasteiger partial charge is 0.478 e. The Morgan fingerprint density at radius 2 is 2.25 bits per heavy atom. The van der Waals surface area contributed by atoms with Gasteiger partial charge in [0.2, 0.25) is 0 Å². The molecule has 2 rings (SSSR count). The van der Waals surface area contributed by atoms with Crippen molar-refractivity contribution in [1.29, 1.82) is 0 Å². The number of nitrogens with zero attached hydrogens (tertiary/aromatic N) is 1. The van der Waals surface area contributed by atoms with Gasteiger partial charge >= 0.3 is 5.97 Å². The number of benzene rings is 1. The molecule has 0 amide bonds. The van der Waals surface area contributed by atoms with Crippen molar-refractivity contribution in [3.05, 3.63) is 58.0 Å². The lowest BCUT2D eigenvalue weighted by atomic mass is 10.2. The number of carboxylic acid groups (broad SMARTS) is 1. The molecular formula is C15H14FNO2S. The quantitative estimate of drug-likeness (QED) is 0.855. The van der Waals surface area contributed by atoms with Gasteiger partial charge in [0.05, 0.1) is 6.54 Å². The van der Waals surface area contributed by atoms with Gasteiger partial charge in [0.25, 0.3) is 0 Å². The van der Waals surface area contributed by atoms with E-state index >= 15 is 0 Å². The van der Waals surface area contributed by atoms with Gasteiger partial charge in [0, 0.05) is 23.7 Å². The Balaban J connectivity index is 2.05. The van der Waals surface area contributed by atoms with Crippen LogP contribution in [0.1, 0.15) is 10.4 Å². The Bertz CT molecular complexity index is 636. The number of hydrogen-bond acceptors (Lipinski definition) is 3. The predicted octanol–water partition coefficient (Wildman–Crippen LogP) is 3.62. The summed E-state index contributed by atoms with van der Waals surface area (Å²) in [6, 6.07) is 8.36. The molecule has 1 aromatic heterocycles. The molecule has 3 nitrogen and oxygen atoms in total. The lowest BCUT2D eigenvalue weighted by molar-refractivity contribution is -0.131. The van der Waals surface area contributed by atoms with Crippen LogP contribution in [0.4, 0.5) is 10.1 Å². The van der Waals surface area contributed by atoms with Crippen LogP contribution in [0.3, 0.4) is 0 Å². The summed E-state index contributed by atoms with van der Waals surface area (Å²) in [5, 5.41) is 10.5. The van der Waals surface area contributed by atoms with Crippen LogP contribution in [0, 0.1) is 5.82 Å². The maximum atomic E-state index is 13.2. The molecule has 0 aliphatic rings. The fraction of sp³-hybridized carbons (Fsp3) is 0.133. The summed E-state index contributed by atoms with van der Waals surface area (Å²) in [6.07, 6.45) is 2.67. The number of thiophene rings is 1. The number of anilines is 1. The van der Waals surface area contributed by atoms with Crippen molar-refractivity contribution in [1.82, 2.24) is 0 Å². The second kappa shape index (κ2) is 6.34. The van der Waals surface area contributed by atoms with Gasteiger partial charge in [-0.2, -0.15) is 0 Å². The highest BCUT2D eigenvalue weighted by Gasteiger charge is 2.05. The lowest BCUT2D eigenvalue weighted by Crippen LogP contribution is -2.15. The van der Waals surface area contributed by atoms with Crippen molar-refractivity contribution in [2.24, 2.45) is 0 Å². The highest BCUT2D eigenvalue weighted by atomic mass is 32.1. The third-order valence-electron chi connectivity index (χ3n) is 2.73. The van der Waals surface area contributed by atoms with E-state index in [1.54, 1.807) is 23.5 Å². The first-order valence-electron chi connectivity index (χ1n) is 6.00. The average molecular weight is 291 g/mol. The number of aliphatic carboxylic acids is 1. The second-order valence-corrected chi connectivity index (χ2v) is 5.35. The fourth-order valence-electron chi connectivity index (χ4n) is 1.77. The summed E-state index contributed by atoms with van der Waals surface area (Å²) >= 11 is 1.55. The Labute approximate surface area is 120 Å². The summed E-state index contributed by atoms with van der Waals surface area (Å²) in [7, 11) is 1.89. The molecule has 0 unspecified atom stereocenters. The zero-order valence-electron chi connectivity index (χ0n) is 10.9. The molecule has 2 aromatic rings. The van der Waals surface area contributed by atoms with Gasteiger partial charge in [-0.3, -0.25) is 0 Å². The third kappa shape index (κ3) is 3.93. The molecule has 0 bridgehead atoms. The van der Waals surface area contributed by atoms with E-state index in [2.05, 4.69) is 0 Å². The molecule has 0 spiro atoms. The molecular weight excluding hydrogens is 277 g/mol. The number of halogens is 1. The lowest BCUT2D eigenvalue weighted by Gasteiger charge is -2.18. The van der Waals surface area contributed by atoms with E-state index in [-0.39, 0.29) is 5.82 Å². The summed E-state index contributed by atoms with van der Waals surface area (Å²) in [5.41, 5.74) is 1.67. The van der Waals surface area contributed by atoms with E-state index in [9.17, 15) is 9.18 Å². The number of rotatable bonds is 5. The van der Waals surface area contributed by atoms with Crippen LogP contribution < -0.4 is 4.90 Å². The van der Waals surface area contributed by atoms with Crippen LogP contribution in [0.25, 0.3) is 6.08 Å². The zero-order chi connectivity index (χ0) is 14.5. The van der Waals surface area contributed by atoms with E-state index < -0.39 is 5.97 Å². The first kappa shape index (κ1) is 14.3. The summed E-state index contributed by atoms with van der Waals surface area (Å²) in [5.74, 6) is -1.22. The van der Waals surface area contributed by atoms with Crippen molar-refractivity contribution in [3.63, 3.8) is 0 Å². The Hall–Kier alpha value is -2.14. The number of carboxylic acids is 1. The van der Waals surface area contributed by atoms with Gasteiger partial charge in [-0.15, -0.1) is 11.3 Å². The molecule has 0 saturated carbocycles. The number of hydrogen-bond donors (Lipinski definition) is 1. The molecule has 1 heterocycles. The zero-order valence-corrected chi connectivity index (χ0v) is 11.7. The molecule has 1 aromatic carbocycles. The van der Waals surface area contributed by atoms with Crippen LogP contribution >= 0.6 is 11.3 Å². The smallest absolute Gasteiger partial charge is 0.328 e. The van der Waals surface area contributed by atoms with Crippen LogP contribution in [-0.4, -0.2) is 18.1 Å². The molecule has 5 heteroatoms. The van der Waals surface area contributed by atoms with Gasteiger partial charge in [0.15, 0.2) is 0 Å². The van der Waals surface area contributed by atoms with Gasteiger partial charge < -0.3 is 10.0 Å². The topological polar surface area (TPSA) is 40.5 Å². The van der Waals surface area contributed by atoms with Crippen molar-refractivity contribution in [2.75, 3.05) is 11.9 Å². The molecule has 104 valence electrons. The first-order valence-corrected chi connectivity index (χ1v) is 6.87. The SMILES string of the molecule is CN(Cc1cc(C=CC(=O)O)cs1)c1cccc(F)c1. The third-order valence-corrected chi connectivity index (χ3v) is 3.67. The molecule has 0 saturated heterocycles. The first-order chi connectivity index (χ1) is 9.54. The van der Waals surface area contributed by atoms with E-state index in [4.69, 9.17) is 5.11 Å². The van der Waals surface area contributed by atoms with Crippen LogP contribution in [-0.2, 0) is 11.3 Å². The minimum atomic E-state index is -0.963. The summed E-state index contributed by atoms with van der Waals surface area (Å²) in [4.78, 5) is 13.5. The van der Waals surface area contributed by atoms with Crippen molar-refractivity contribution < 1.29 is 14.3 Å². The number of carbonyl (C=O) groups is 1.